The van der Waals surface area contributed by atoms with E-state index in [-0.39, 0.29) is 17.7 Å². The molecule has 0 radical (unpaired) electrons. The van der Waals surface area contributed by atoms with Crippen LogP contribution in [0.3, 0.4) is 0 Å². The largest absolute Gasteiger partial charge is 0.488 e. The van der Waals surface area contributed by atoms with Crippen molar-refractivity contribution in [2.24, 2.45) is 0 Å². The lowest BCUT2D eigenvalue weighted by atomic mass is 10.1. The number of aryl methyl sites for hydroxylation is 1. The van der Waals surface area contributed by atoms with E-state index >= 15 is 0 Å². The van der Waals surface area contributed by atoms with Gasteiger partial charge in [-0.25, -0.2) is 0 Å². The van der Waals surface area contributed by atoms with Gasteiger partial charge in [0.2, 0.25) is 0 Å². The first kappa shape index (κ1) is 14.8. The third kappa shape index (κ3) is 4.57. The van der Waals surface area contributed by atoms with Gasteiger partial charge in [0.1, 0.15) is 11.4 Å². The Labute approximate surface area is 110 Å². The smallest absolute Gasteiger partial charge is 0.120 e. The van der Waals surface area contributed by atoms with Crippen molar-refractivity contribution in [2.45, 2.75) is 52.7 Å². The summed E-state index contributed by atoms with van der Waals surface area (Å²) in [6.45, 7) is 12.1. The molecule has 0 aliphatic heterocycles. The highest BCUT2D eigenvalue weighted by atomic mass is 16.5. The SMILES string of the molecule is Cc1cc(OC(C)(C)C)ccc1NC(C)(C)CO. The standard InChI is InChI=1S/C15H25NO2/c1-11-9-12(18-14(2,3)4)7-8-13(11)16-15(5,6)10-17/h7-9,16-17H,10H2,1-6H3. The van der Waals surface area contributed by atoms with Crippen molar-refractivity contribution in [1.29, 1.82) is 0 Å². The van der Waals surface area contributed by atoms with Gasteiger partial charge in [-0.3, -0.25) is 0 Å². The minimum atomic E-state index is -0.322. The van der Waals surface area contributed by atoms with Crippen LogP contribution in [0, 0.1) is 6.92 Å². The lowest BCUT2D eigenvalue weighted by Gasteiger charge is -2.27. The molecule has 1 aromatic carbocycles. The van der Waals surface area contributed by atoms with Crippen LogP contribution in [0.25, 0.3) is 0 Å². The van der Waals surface area contributed by atoms with Crippen molar-refractivity contribution in [3.8, 4) is 5.75 Å². The number of benzene rings is 1. The lowest BCUT2D eigenvalue weighted by molar-refractivity contribution is 0.131. The van der Waals surface area contributed by atoms with Gasteiger partial charge in [-0.2, -0.15) is 0 Å². The number of nitrogens with one attached hydrogen (secondary N) is 1. The maximum atomic E-state index is 9.27. The Hall–Kier alpha value is -1.22. The summed E-state index contributed by atoms with van der Waals surface area (Å²) >= 11 is 0. The van der Waals surface area contributed by atoms with Crippen molar-refractivity contribution >= 4 is 5.69 Å². The van der Waals surface area contributed by atoms with Crippen LogP contribution in [-0.2, 0) is 0 Å². The Morgan fingerprint density at radius 3 is 2.22 bits per heavy atom. The number of anilines is 1. The Kier molecular flexibility index (Phi) is 4.28. The predicted octanol–water partition coefficient (Wildman–Crippen LogP) is 3.36. The van der Waals surface area contributed by atoms with Crippen LogP contribution in [0.2, 0.25) is 0 Å². The minimum absolute atomic E-state index is 0.0900. The van der Waals surface area contributed by atoms with Crippen LogP contribution in [0.4, 0.5) is 5.69 Å². The molecule has 0 bridgehead atoms. The molecule has 0 aliphatic carbocycles. The molecule has 102 valence electrons. The van der Waals surface area contributed by atoms with Gasteiger partial charge < -0.3 is 15.2 Å². The summed E-state index contributed by atoms with van der Waals surface area (Å²) in [6, 6.07) is 5.96. The summed E-state index contributed by atoms with van der Waals surface area (Å²) in [7, 11) is 0. The van der Waals surface area contributed by atoms with Crippen molar-refractivity contribution in [1.82, 2.24) is 0 Å². The van der Waals surface area contributed by atoms with Gasteiger partial charge in [0.25, 0.3) is 0 Å². The van der Waals surface area contributed by atoms with E-state index in [1.165, 1.54) is 0 Å². The van der Waals surface area contributed by atoms with Gasteiger partial charge in [0, 0.05) is 5.69 Å². The van der Waals surface area contributed by atoms with Crippen LogP contribution in [0.15, 0.2) is 18.2 Å². The number of rotatable bonds is 4. The summed E-state index contributed by atoms with van der Waals surface area (Å²) in [5.74, 6) is 0.868. The fourth-order valence-corrected chi connectivity index (χ4v) is 1.60. The Morgan fingerprint density at radius 2 is 1.78 bits per heavy atom. The predicted molar refractivity (Wildman–Crippen MR) is 76.3 cm³/mol. The molecule has 3 heteroatoms. The molecule has 0 heterocycles. The highest BCUT2D eigenvalue weighted by molar-refractivity contribution is 5.55. The maximum absolute atomic E-state index is 9.27. The van der Waals surface area contributed by atoms with E-state index in [1.807, 2.05) is 59.7 Å². The molecule has 3 nitrogen and oxygen atoms in total. The monoisotopic (exact) mass is 251 g/mol. The van der Waals surface area contributed by atoms with Gasteiger partial charge in [0.05, 0.1) is 12.1 Å². The van der Waals surface area contributed by atoms with Gasteiger partial charge in [-0.15, -0.1) is 0 Å². The normalized spacial score (nSPS) is 12.4. The van der Waals surface area contributed by atoms with E-state index in [0.29, 0.717) is 0 Å². The summed E-state index contributed by atoms with van der Waals surface area (Å²) in [6.07, 6.45) is 0. The van der Waals surface area contributed by atoms with Crippen LogP contribution in [0.5, 0.6) is 5.75 Å². The second-order valence-electron chi connectivity index (χ2n) is 6.36. The summed E-state index contributed by atoms with van der Waals surface area (Å²) in [5, 5.41) is 12.6. The zero-order valence-electron chi connectivity index (χ0n) is 12.3. The zero-order valence-corrected chi connectivity index (χ0v) is 12.3. The molecular formula is C15H25NO2. The second-order valence-corrected chi connectivity index (χ2v) is 6.36. The second kappa shape index (κ2) is 5.19. The molecule has 18 heavy (non-hydrogen) atoms. The minimum Gasteiger partial charge on any atom is -0.488 e. The van der Waals surface area contributed by atoms with Gasteiger partial charge in [-0.05, 0) is 65.3 Å². The Bertz CT molecular complexity index is 405. The molecule has 0 unspecified atom stereocenters. The fraction of sp³-hybridized carbons (Fsp3) is 0.600. The van der Waals surface area contributed by atoms with Crippen molar-refractivity contribution < 1.29 is 9.84 Å². The zero-order chi connectivity index (χ0) is 14.0. The van der Waals surface area contributed by atoms with E-state index in [9.17, 15) is 5.11 Å². The topological polar surface area (TPSA) is 41.5 Å². The molecule has 0 saturated heterocycles. The van der Waals surface area contributed by atoms with Crippen LogP contribution in [-0.4, -0.2) is 22.9 Å². The third-order valence-corrected chi connectivity index (χ3v) is 2.49. The molecule has 1 aromatic rings. The molecule has 1 rings (SSSR count). The first-order valence-corrected chi connectivity index (χ1v) is 6.32. The van der Waals surface area contributed by atoms with Crippen molar-refractivity contribution in [3.05, 3.63) is 23.8 Å². The number of hydrogen-bond donors (Lipinski definition) is 2. The van der Waals surface area contributed by atoms with E-state index in [2.05, 4.69) is 5.32 Å². The molecule has 0 fully saturated rings. The van der Waals surface area contributed by atoms with E-state index < -0.39 is 0 Å². The average molecular weight is 251 g/mol. The molecule has 2 N–H and O–H groups in total. The molecule has 0 aliphatic rings. The van der Waals surface area contributed by atoms with E-state index in [1.54, 1.807) is 0 Å². The van der Waals surface area contributed by atoms with Crippen LogP contribution >= 0.6 is 0 Å². The van der Waals surface area contributed by atoms with Crippen LogP contribution < -0.4 is 10.1 Å². The van der Waals surface area contributed by atoms with E-state index in [0.717, 1.165) is 17.0 Å². The summed E-state index contributed by atoms with van der Waals surface area (Å²) in [5.41, 5.74) is 1.62. The first-order chi connectivity index (χ1) is 8.13. The van der Waals surface area contributed by atoms with Crippen molar-refractivity contribution in [2.75, 3.05) is 11.9 Å². The molecule has 0 saturated carbocycles. The summed E-state index contributed by atoms with van der Waals surface area (Å²) < 4.78 is 5.82. The quantitative estimate of drug-likeness (QED) is 0.862. The van der Waals surface area contributed by atoms with E-state index in [4.69, 9.17) is 4.74 Å². The van der Waals surface area contributed by atoms with Crippen molar-refractivity contribution in [3.63, 3.8) is 0 Å². The Morgan fingerprint density at radius 1 is 1.17 bits per heavy atom. The van der Waals surface area contributed by atoms with Gasteiger partial charge >= 0.3 is 0 Å². The maximum Gasteiger partial charge on any atom is 0.120 e. The Balaban J connectivity index is 2.87. The molecule has 0 amide bonds. The first-order valence-electron chi connectivity index (χ1n) is 6.32. The molecule has 0 aromatic heterocycles. The molecular weight excluding hydrogens is 226 g/mol. The molecule has 0 atom stereocenters. The van der Waals surface area contributed by atoms with Gasteiger partial charge in [0.15, 0.2) is 0 Å². The average Bonchev–Trinajstić information content (AvgIpc) is 2.20. The highest BCUT2D eigenvalue weighted by Crippen LogP contribution is 2.26. The number of aliphatic hydroxyl groups is 1. The van der Waals surface area contributed by atoms with Gasteiger partial charge in [-0.1, -0.05) is 0 Å². The molecule has 0 spiro atoms. The lowest BCUT2D eigenvalue weighted by Crippen LogP contribution is -2.35. The number of aliphatic hydroxyl groups excluding tert-OH is 1. The number of ether oxygens (including phenoxy) is 1. The highest BCUT2D eigenvalue weighted by Gasteiger charge is 2.17. The fourth-order valence-electron chi connectivity index (χ4n) is 1.60. The third-order valence-electron chi connectivity index (χ3n) is 2.49. The van der Waals surface area contributed by atoms with Crippen LogP contribution in [0.1, 0.15) is 40.2 Å². The summed E-state index contributed by atoms with van der Waals surface area (Å²) in [4.78, 5) is 0. The number of hydrogen-bond acceptors (Lipinski definition) is 3.